The second-order valence-corrected chi connectivity index (χ2v) is 7.75. The monoisotopic (exact) mass is 296 g/mol. The van der Waals surface area contributed by atoms with Gasteiger partial charge in [-0.3, -0.25) is 0 Å². The van der Waals surface area contributed by atoms with Crippen molar-refractivity contribution < 1.29 is 13.5 Å². The zero-order valence-electron chi connectivity index (χ0n) is 11.5. The Labute approximate surface area is 119 Å². The van der Waals surface area contributed by atoms with Gasteiger partial charge in [0.1, 0.15) is 0 Å². The van der Waals surface area contributed by atoms with Crippen molar-refractivity contribution in [3.8, 4) is 0 Å². The van der Waals surface area contributed by atoms with E-state index >= 15 is 0 Å². The number of aliphatic hydroxyl groups excluding tert-OH is 1. The van der Waals surface area contributed by atoms with E-state index in [0.717, 1.165) is 18.7 Å². The number of aliphatic hydroxyl groups is 1. The van der Waals surface area contributed by atoms with Gasteiger partial charge in [-0.15, -0.1) is 0 Å². The summed E-state index contributed by atoms with van der Waals surface area (Å²) in [5.74, 6) is -0.0709. The summed E-state index contributed by atoms with van der Waals surface area (Å²) in [4.78, 5) is 2.07. The van der Waals surface area contributed by atoms with Crippen molar-refractivity contribution in [2.24, 2.45) is 0 Å². The van der Waals surface area contributed by atoms with Crippen LogP contribution >= 0.6 is 0 Å². The molecule has 1 saturated heterocycles. The van der Waals surface area contributed by atoms with Gasteiger partial charge in [-0.05, 0) is 25.1 Å². The lowest BCUT2D eigenvalue weighted by Gasteiger charge is -2.40. The molecule has 0 saturated carbocycles. The van der Waals surface area contributed by atoms with E-state index in [0.29, 0.717) is 0 Å². The number of para-hydroxylation sites is 1. The molecule has 1 aromatic carbocycles. The maximum atomic E-state index is 11.7. The summed E-state index contributed by atoms with van der Waals surface area (Å²) in [6, 6.07) is 8.00. The van der Waals surface area contributed by atoms with Crippen LogP contribution in [0.2, 0.25) is 0 Å². The highest BCUT2D eigenvalue weighted by molar-refractivity contribution is 7.91. The molecule has 2 aliphatic heterocycles. The molecule has 0 amide bonds. The molecule has 3 atom stereocenters. The van der Waals surface area contributed by atoms with Crippen LogP contribution in [0.5, 0.6) is 0 Å². The Bertz CT molecular complexity index is 602. The van der Waals surface area contributed by atoms with E-state index in [1.54, 1.807) is 0 Å². The summed E-state index contributed by atoms with van der Waals surface area (Å²) in [7, 11) is -1.19. The van der Waals surface area contributed by atoms with E-state index in [9.17, 15) is 13.5 Å². The van der Waals surface area contributed by atoms with Gasteiger partial charge in [0.25, 0.3) is 0 Å². The normalized spacial score (nSPS) is 32.1. The number of fused-ring (bicyclic) bond motifs is 1. The van der Waals surface area contributed by atoms with Gasteiger partial charge in [0.15, 0.2) is 9.84 Å². The van der Waals surface area contributed by atoms with Crippen molar-refractivity contribution in [2.45, 2.75) is 24.6 Å². The first kappa shape index (κ1) is 13.9. The van der Waals surface area contributed by atoms with Crippen LogP contribution in [0, 0.1) is 0 Å². The standard InChI is InChI=1S/C14H20N2O3S/c1-15-11-6-7-16(12-5-3-2-4-10(11)12)13-8-20(18,19)9-14(13)17/h2-5,11,13-15,17H,6-9H2,1H3. The molecule has 5 nitrogen and oxygen atoms in total. The van der Waals surface area contributed by atoms with E-state index in [4.69, 9.17) is 0 Å². The molecule has 110 valence electrons. The lowest BCUT2D eigenvalue weighted by atomic mass is 9.94. The van der Waals surface area contributed by atoms with Crippen LogP contribution in [0.25, 0.3) is 0 Å². The predicted molar refractivity (Wildman–Crippen MR) is 78.7 cm³/mol. The molecule has 0 aliphatic carbocycles. The largest absolute Gasteiger partial charge is 0.390 e. The molecule has 3 rings (SSSR count). The summed E-state index contributed by atoms with van der Waals surface area (Å²) in [6.07, 6.45) is 0.121. The Balaban J connectivity index is 1.96. The third-order valence-electron chi connectivity index (χ3n) is 4.32. The molecule has 0 radical (unpaired) electrons. The zero-order valence-corrected chi connectivity index (χ0v) is 12.3. The quantitative estimate of drug-likeness (QED) is 0.822. The van der Waals surface area contributed by atoms with E-state index < -0.39 is 15.9 Å². The number of nitrogens with one attached hydrogen (secondary N) is 1. The fourth-order valence-electron chi connectivity index (χ4n) is 3.34. The minimum atomic E-state index is -3.12. The number of anilines is 1. The lowest BCUT2D eigenvalue weighted by molar-refractivity contribution is 0.176. The van der Waals surface area contributed by atoms with Crippen molar-refractivity contribution in [3.05, 3.63) is 29.8 Å². The molecule has 2 N–H and O–H groups in total. The molecule has 0 spiro atoms. The molecule has 2 aliphatic rings. The Hall–Kier alpha value is -1.11. The van der Waals surface area contributed by atoms with Gasteiger partial charge in [0.05, 0.1) is 23.7 Å². The molecule has 6 heteroatoms. The second-order valence-electron chi connectivity index (χ2n) is 5.59. The van der Waals surface area contributed by atoms with Crippen LogP contribution in [0.15, 0.2) is 24.3 Å². The van der Waals surface area contributed by atoms with Crippen molar-refractivity contribution >= 4 is 15.5 Å². The first-order valence-electron chi connectivity index (χ1n) is 6.93. The number of benzene rings is 1. The van der Waals surface area contributed by atoms with Crippen LogP contribution in [0.4, 0.5) is 5.69 Å². The van der Waals surface area contributed by atoms with E-state index in [2.05, 4.69) is 16.3 Å². The average Bonchev–Trinajstić information content (AvgIpc) is 2.70. The molecule has 1 aromatic rings. The van der Waals surface area contributed by atoms with Crippen LogP contribution in [-0.4, -0.2) is 50.8 Å². The lowest BCUT2D eigenvalue weighted by Crippen LogP contribution is -2.47. The zero-order chi connectivity index (χ0) is 14.3. The molecule has 1 fully saturated rings. The van der Waals surface area contributed by atoms with Crippen LogP contribution < -0.4 is 10.2 Å². The topological polar surface area (TPSA) is 69.6 Å². The SMILES string of the molecule is CNC1CCN(C2CS(=O)(=O)CC2O)c2ccccc21. The summed E-state index contributed by atoms with van der Waals surface area (Å²) in [5.41, 5.74) is 2.22. The Kier molecular flexibility index (Phi) is 3.48. The summed E-state index contributed by atoms with van der Waals surface area (Å²) in [5, 5.41) is 13.4. The van der Waals surface area contributed by atoms with Gasteiger partial charge < -0.3 is 15.3 Å². The van der Waals surface area contributed by atoms with Crippen molar-refractivity contribution in [3.63, 3.8) is 0 Å². The van der Waals surface area contributed by atoms with E-state index in [1.165, 1.54) is 5.56 Å². The third kappa shape index (κ3) is 2.32. The van der Waals surface area contributed by atoms with Gasteiger partial charge in [-0.25, -0.2) is 8.42 Å². The fourth-order valence-corrected chi connectivity index (χ4v) is 5.14. The van der Waals surface area contributed by atoms with Crippen LogP contribution in [0.1, 0.15) is 18.0 Å². The molecular weight excluding hydrogens is 276 g/mol. The Morgan fingerprint density at radius 1 is 1.30 bits per heavy atom. The number of rotatable bonds is 2. The minimum Gasteiger partial charge on any atom is -0.390 e. The number of nitrogens with zero attached hydrogens (tertiary/aromatic N) is 1. The van der Waals surface area contributed by atoms with Gasteiger partial charge in [-0.1, -0.05) is 18.2 Å². The number of hydrogen-bond acceptors (Lipinski definition) is 5. The summed E-state index contributed by atoms with van der Waals surface area (Å²) >= 11 is 0. The average molecular weight is 296 g/mol. The molecule has 2 heterocycles. The maximum Gasteiger partial charge on any atom is 0.155 e. The number of hydrogen-bond donors (Lipinski definition) is 2. The summed E-state index contributed by atoms with van der Waals surface area (Å²) in [6.45, 7) is 0.764. The van der Waals surface area contributed by atoms with Gasteiger partial charge in [0.2, 0.25) is 0 Å². The number of sulfone groups is 1. The molecule has 3 unspecified atom stereocenters. The smallest absolute Gasteiger partial charge is 0.155 e. The van der Waals surface area contributed by atoms with Crippen LogP contribution in [-0.2, 0) is 9.84 Å². The van der Waals surface area contributed by atoms with E-state index in [-0.39, 0.29) is 23.6 Å². The maximum absolute atomic E-state index is 11.7. The van der Waals surface area contributed by atoms with Crippen LogP contribution in [0.3, 0.4) is 0 Å². The van der Waals surface area contributed by atoms with Gasteiger partial charge in [0, 0.05) is 18.3 Å². The Morgan fingerprint density at radius 3 is 2.70 bits per heavy atom. The first-order chi connectivity index (χ1) is 9.52. The van der Waals surface area contributed by atoms with Crippen molar-refractivity contribution in [2.75, 3.05) is 30.0 Å². The van der Waals surface area contributed by atoms with Gasteiger partial charge >= 0.3 is 0 Å². The molecule has 20 heavy (non-hydrogen) atoms. The highest BCUT2D eigenvalue weighted by Crippen LogP contribution is 2.36. The van der Waals surface area contributed by atoms with Gasteiger partial charge in [-0.2, -0.15) is 0 Å². The predicted octanol–water partition coefficient (Wildman–Crippen LogP) is 0.315. The highest BCUT2D eigenvalue weighted by atomic mass is 32.2. The Morgan fingerprint density at radius 2 is 2.05 bits per heavy atom. The van der Waals surface area contributed by atoms with Crippen molar-refractivity contribution in [1.29, 1.82) is 0 Å². The van der Waals surface area contributed by atoms with Crippen molar-refractivity contribution in [1.82, 2.24) is 5.32 Å². The minimum absolute atomic E-state index is 0.0483. The highest BCUT2D eigenvalue weighted by Gasteiger charge is 2.41. The molecular formula is C14H20N2O3S. The third-order valence-corrected chi connectivity index (χ3v) is 6.02. The fraction of sp³-hybridized carbons (Fsp3) is 0.571. The molecule has 0 aromatic heterocycles. The summed E-state index contributed by atoms with van der Waals surface area (Å²) < 4.78 is 23.5. The van der Waals surface area contributed by atoms with E-state index in [1.807, 2.05) is 25.2 Å². The molecule has 0 bridgehead atoms. The second kappa shape index (κ2) is 5.02. The first-order valence-corrected chi connectivity index (χ1v) is 8.75.